The first-order chi connectivity index (χ1) is 11.8. The Morgan fingerprint density at radius 2 is 2.08 bits per heavy atom. The van der Waals surface area contributed by atoms with Gasteiger partial charge >= 0.3 is 5.97 Å². The van der Waals surface area contributed by atoms with Gasteiger partial charge in [-0.1, -0.05) is 11.6 Å². The Balaban J connectivity index is 2.22. The molecular formula is C18H27ClN2O4. The summed E-state index contributed by atoms with van der Waals surface area (Å²) in [6.45, 7) is 4.27. The van der Waals surface area contributed by atoms with Crippen LogP contribution in [0.15, 0.2) is 12.1 Å². The molecule has 1 aliphatic heterocycles. The van der Waals surface area contributed by atoms with Crippen LogP contribution in [0.3, 0.4) is 0 Å². The van der Waals surface area contributed by atoms with Gasteiger partial charge in [0.15, 0.2) is 17.6 Å². The molecule has 25 heavy (non-hydrogen) atoms. The number of carboxylic acid groups (broad SMARTS) is 1. The van der Waals surface area contributed by atoms with E-state index in [1.807, 2.05) is 6.07 Å². The van der Waals surface area contributed by atoms with Crippen molar-refractivity contribution in [1.29, 1.82) is 0 Å². The number of halogens is 1. The van der Waals surface area contributed by atoms with E-state index in [2.05, 4.69) is 23.9 Å². The van der Waals surface area contributed by atoms with Crippen molar-refractivity contribution in [2.75, 3.05) is 34.3 Å². The molecule has 0 aliphatic carbocycles. The summed E-state index contributed by atoms with van der Waals surface area (Å²) in [5.74, 6) is -0.124. The van der Waals surface area contributed by atoms with Crippen molar-refractivity contribution in [3.8, 4) is 11.5 Å². The molecule has 1 N–H and O–H groups in total. The van der Waals surface area contributed by atoms with E-state index in [0.29, 0.717) is 29.1 Å². The minimum Gasteiger partial charge on any atom is -0.493 e. The maximum absolute atomic E-state index is 11.2. The van der Waals surface area contributed by atoms with Crippen LogP contribution in [0.5, 0.6) is 11.5 Å². The van der Waals surface area contributed by atoms with Crippen LogP contribution in [0.2, 0.25) is 5.02 Å². The number of piperidine rings is 1. The van der Waals surface area contributed by atoms with Gasteiger partial charge in [-0.15, -0.1) is 0 Å². The number of carbonyl (C=O) groups is 1. The predicted octanol–water partition coefficient (Wildman–Crippen LogP) is 2.73. The fourth-order valence-corrected chi connectivity index (χ4v) is 3.32. The average molecular weight is 371 g/mol. The van der Waals surface area contributed by atoms with Gasteiger partial charge in [0.25, 0.3) is 0 Å². The molecule has 2 rings (SSSR count). The summed E-state index contributed by atoms with van der Waals surface area (Å²) >= 11 is 6.21. The van der Waals surface area contributed by atoms with Crippen LogP contribution in [0, 0.1) is 0 Å². The van der Waals surface area contributed by atoms with Crippen LogP contribution in [-0.4, -0.2) is 67.3 Å². The lowest BCUT2D eigenvalue weighted by molar-refractivity contribution is -0.144. The van der Waals surface area contributed by atoms with Gasteiger partial charge in [-0.3, -0.25) is 4.90 Å². The summed E-state index contributed by atoms with van der Waals surface area (Å²) in [5.41, 5.74) is 0.832. The molecule has 0 radical (unpaired) electrons. The Morgan fingerprint density at radius 1 is 1.44 bits per heavy atom. The topological polar surface area (TPSA) is 62.2 Å². The minimum atomic E-state index is -1.02. The van der Waals surface area contributed by atoms with Crippen molar-refractivity contribution in [3.05, 3.63) is 22.7 Å². The lowest BCUT2D eigenvalue weighted by atomic mass is 10.0. The summed E-state index contributed by atoms with van der Waals surface area (Å²) in [5, 5.41) is 9.70. The first-order valence-corrected chi connectivity index (χ1v) is 8.84. The van der Waals surface area contributed by atoms with Crippen LogP contribution in [0.4, 0.5) is 0 Å². The van der Waals surface area contributed by atoms with E-state index in [1.165, 1.54) is 14.0 Å². The summed E-state index contributed by atoms with van der Waals surface area (Å²) in [7, 11) is 5.74. The number of carboxylic acids is 1. The van der Waals surface area contributed by atoms with E-state index in [9.17, 15) is 4.79 Å². The van der Waals surface area contributed by atoms with Crippen molar-refractivity contribution in [2.24, 2.45) is 0 Å². The van der Waals surface area contributed by atoms with Crippen LogP contribution >= 0.6 is 11.6 Å². The van der Waals surface area contributed by atoms with E-state index in [1.54, 1.807) is 6.07 Å². The summed E-state index contributed by atoms with van der Waals surface area (Å²) in [4.78, 5) is 15.8. The molecule has 1 atom stereocenters. The monoisotopic (exact) mass is 370 g/mol. The van der Waals surface area contributed by atoms with Gasteiger partial charge in [0.1, 0.15) is 0 Å². The molecule has 6 nitrogen and oxygen atoms in total. The molecule has 0 unspecified atom stereocenters. The van der Waals surface area contributed by atoms with Crippen LogP contribution in [-0.2, 0) is 11.3 Å². The number of methoxy groups -OCH3 is 1. The molecule has 1 saturated heterocycles. The van der Waals surface area contributed by atoms with Gasteiger partial charge in [0, 0.05) is 29.2 Å². The molecule has 1 aromatic rings. The normalized spacial score (nSPS) is 17.5. The fourth-order valence-electron chi connectivity index (χ4n) is 3.09. The van der Waals surface area contributed by atoms with Gasteiger partial charge in [-0.2, -0.15) is 0 Å². The molecule has 7 heteroatoms. The Morgan fingerprint density at radius 3 is 2.64 bits per heavy atom. The quantitative estimate of drug-likeness (QED) is 0.796. The van der Waals surface area contributed by atoms with Crippen LogP contribution in [0.1, 0.15) is 25.3 Å². The third-order valence-corrected chi connectivity index (χ3v) is 4.91. The fraction of sp³-hybridized carbons (Fsp3) is 0.611. The Hall–Kier alpha value is -1.50. The van der Waals surface area contributed by atoms with Crippen LogP contribution < -0.4 is 9.47 Å². The second-order valence-corrected chi connectivity index (χ2v) is 7.08. The number of likely N-dealkylation sites (tertiary alicyclic amines) is 1. The molecule has 1 heterocycles. The number of aliphatic carboxylic acids is 1. The second-order valence-electron chi connectivity index (χ2n) is 6.64. The first kappa shape index (κ1) is 19.8. The summed E-state index contributed by atoms with van der Waals surface area (Å²) in [6, 6.07) is 3.94. The number of hydrogen-bond acceptors (Lipinski definition) is 5. The van der Waals surface area contributed by atoms with Crippen molar-refractivity contribution < 1.29 is 19.4 Å². The van der Waals surface area contributed by atoms with Gasteiger partial charge in [0.05, 0.1) is 7.11 Å². The third kappa shape index (κ3) is 5.23. The van der Waals surface area contributed by atoms with Crippen molar-refractivity contribution in [1.82, 2.24) is 9.80 Å². The molecule has 0 saturated carbocycles. The Kier molecular flexibility index (Phi) is 6.93. The first-order valence-electron chi connectivity index (χ1n) is 8.46. The SMILES string of the molecule is COc1cc(Cl)cc(CN(C)C2CCN(C)CC2)c1O[C@@H](C)C(=O)O. The average Bonchev–Trinajstić information content (AvgIpc) is 2.57. The number of ether oxygens (including phenoxy) is 2. The number of nitrogens with zero attached hydrogens (tertiary/aromatic N) is 2. The number of benzene rings is 1. The van der Waals surface area contributed by atoms with E-state index >= 15 is 0 Å². The lowest BCUT2D eigenvalue weighted by Gasteiger charge is -2.35. The van der Waals surface area contributed by atoms with E-state index in [4.69, 9.17) is 26.2 Å². The standard InChI is InChI=1S/C18H27ClN2O4/c1-12(18(22)23)25-17-13(9-14(19)10-16(17)24-4)11-21(3)15-5-7-20(2)8-6-15/h9-10,12,15H,5-8,11H2,1-4H3,(H,22,23)/t12-/m0/s1. The zero-order valence-electron chi connectivity index (χ0n) is 15.3. The lowest BCUT2D eigenvalue weighted by Crippen LogP contribution is -2.41. The van der Waals surface area contributed by atoms with E-state index < -0.39 is 12.1 Å². The van der Waals surface area contributed by atoms with Crippen molar-refractivity contribution in [2.45, 2.75) is 38.5 Å². The maximum atomic E-state index is 11.2. The molecule has 0 aromatic heterocycles. The predicted molar refractivity (Wildman–Crippen MR) is 97.7 cm³/mol. The maximum Gasteiger partial charge on any atom is 0.344 e. The Bertz CT molecular complexity index is 603. The van der Waals surface area contributed by atoms with Gasteiger partial charge in [0.2, 0.25) is 0 Å². The second kappa shape index (κ2) is 8.74. The van der Waals surface area contributed by atoms with Crippen molar-refractivity contribution in [3.63, 3.8) is 0 Å². The number of hydrogen-bond donors (Lipinski definition) is 1. The zero-order chi connectivity index (χ0) is 18.6. The molecule has 0 bridgehead atoms. The van der Waals surface area contributed by atoms with Crippen molar-refractivity contribution >= 4 is 17.6 Å². The highest BCUT2D eigenvalue weighted by Crippen LogP contribution is 2.36. The third-order valence-electron chi connectivity index (χ3n) is 4.69. The number of rotatable bonds is 7. The van der Waals surface area contributed by atoms with Gasteiger partial charge in [-0.25, -0.2) is 4.79 Å². The van der Waals surface area contributed by atoms with E-state index in [-0.39, 0.29) is 0 Å². The smallest absolute Gasteiger partial charge is 0.344 e. The minimum absolute atomic E-state index is 0.446. The van der Waals surface area contributed by atoms with E-state index in [0.717, 1.165) is 31.5 Å². The molecule has 1 aromatic carbocycles. The van der Waals surface area contributed by atoms with Gasteiger partial charge in [-0.05, 0) is 53.0 Å². The molecule has 0 spiro atoms. The van der Waals surface area contributed by atoms with Gasteiger partial charge < -0.3 is 19.5 Å². The Labute approximate surface area is 154 Å². The largest absolute Gasteiger partial charge is 0.493 e. The molecule has 1 aliphatic rings. The molecule has 0 amide bonds. The molecule has 140 valence electrons. The van der Waals surface area contributed by atoms with Crippen LogP contribution in [0.25, 0.3) is 0 Å². The highest BCUT2D eigenvalue weighted by atomic mass is 35.5. The highest BCUT2D eigenvalue weighted by molar-refractivity contribution is 6.30. The summed E-state index contributed by atoms with van der Waals surface area (Å²) in [6.07, 6.45) is 1.24. The molecular weight excluding hydrogens is 344 g/mol. The molecule has 1 fully saturated rings. The highest BCUT2D eigenvalue weighted by Gasteiger charge is 2.24. The summed E-state index contributed by atoms with van der Waals surface area (Å²) < 4.78 is 11.0. The zero-order valence-corrected chi connectivity index (χ0v) is 16.0.